The molecule has 17 heavy (non-hydrogen) atoms. The first-order chi connectivity index (χ1) is 7.95. The Morgan fingerprint density at radius 3 is 2.59 bits per heavy atom. The number of sulfone groups is 1. The summed E-state index contributed by atoms with van der Waals surface area (Å²) in [4.78, 5) is 0.372. The molecule has 0 aromatic heterocycles. The lowest BCUT2D eigenvalue weighted by Gasteiger charge is -2.12. The van der Waals surface area contributed by atoms with E-state index in [0.29, 0.717) is 15.8 Å². The summed E-state index contributed by atoms with van der Waals surface area (Å²) in [5.74, 6) is 0. The molecule has 1 atom stereocenters. The molecule has 3 nitrogen and oxygen atoms in total. The second kappa shape index (κ2) is 6.31. The number of benzene rings is 1. The summed E-state index contributed by atoms with van der Waals surface area (Å²) < 4.78 is 23.1. The smallest absolute Gasteiger partial charge is 0.177 e. The van der Waals surface area contributed by atoms with E-state index in [2.05, 4.69) is 18.5 Å². The van der Waals surface area contributed by atoms with Crippen molar-refractivity contribution in [2.24, 2.45) is 0 Å². The molecule has 0 aliphatic heterocycles. The van der Waals surface area contributed by atoms with E-state index in [9.17, 15) is 8.42 Å². The van der Waals surface area contributed by atoms with Crippen LogP contribution in [0, 0.1) is 0 Å². The highest BCUT2D eigenvalue weighted by molar-refractivity contribution is 7.99. The van der Waals surface area contributed by atoms with Gasteiger partial charge in [0.15, 0.2) is 9.84 Å². The third kappa shape index (κ3) is 4.60. The van der Waals surface area contributed by atoms with Crippen molar-refractivity contribution in [1.82, 2.24) is 0 Å². The van der Waals surface area contributed by atoms with Gasteiger partial charge in [-0.25, -0.2) is 8.42 Å². The molecule has 5 heteroatoms. The molecule has 0 heterocycles. The molecule has 0 bridgehead atoms. The Bertz CT molecular complexity index is 457. The van der Waals surface area contributed by atoms with Gasteiger partial charge in [-0.2, -0.15) is 11.8 Å². The van der Waals surface area contributed by atoms with Crippen LogP contribution in [0.15, 0.2) is 29.2 Å². The van der Waals surface area contributed by atoms with Gasteiger partial charge in [0.2, 0.25) is 0 Å². The normalized spacial score (nSPS) is 13.4. The third-order valence-corrected chi connectivity index (χ3v) is 4.75. The highest BCUT2D eigenvalue weighted by Crippen LogP contribution is 2.20. The highest BCUT2D eigenvalue weighted by atomic mass is 32.2. The van der Waals surface area contributed by atoms with E-state index in [0.717, 1.165) is 13.0 Å². The maximum atomic E-state index is 11.6. The Hall–Kier alpha value is -0.680. The van der Waals surface area contributed by atoms with Crippen molar-refractivity contribution >= 4 is 27.3 Å². The van der Waals surface area contributed by atoms with Gasteiger partial charge in [0, 0.05) is 18.1 Å². The van der Waals surface area contributed by atoms with Crippen LogP contribution >= 0.6 is 11.8 Å². The molecule has 1 aromatic carbocycles. The number of hydrogen-bond acceptors (Lipinski definition) is 4. The van der Waals surface area contributed by atoms with Crippen molar-refractivity contribution < 1.29 is 8.42 Å². The molecule has 1 unspecified atom stereocenters. The Kier molecular flexibility index (Phi) is 5.33. The number of rotatable bonds is 6. The predicted molar refractivity (Wildman–Crippen MR) is 75.6 cm³/mol. The van der Waals surface area contributed by atoms with Crippen molar-refractivity contribution in [3.8, 4) is 0 Å². The summed E-state index contributed by atoms with van der Waals surface area (Å²) in [6, 6.07) is 7.02. The minimum Gasteiger partial charge on any atom is -0.384 e. The lowest BCUT2D eigenvalue weighted by atomic mass is 10.3. The summed E-state index contributed by atoms with van der Waals surface area (Å²) in [5, 5.41) is 3.77. The van der Waals surface area contributed by atoms with Crippen LogP contribution in [0.5, 0.6) is 0 Å². The average molecular weight is 273 g/mol. The zero-order valence-electron chi connectivity index (χ0n) is 10.4. The fourth-order valence-electron chi connectivity index (χ4n) is 1.46. The van der Waals surface area contributed by atoms with E-state index < -0.39 is 9.84 Å². The predicted octanol–water partition coefficient (Wildman–Crippen LogP) is 2.64. The molecule has 0 saturated heterocycles. The van der Waals surface area contributed by atoms with Crippen LogP contribution in [0.2, 0.25) is 0 Å². The first kappa shape index (κ1) is 14.4. The Labute approximate surface area is 108 Å². The summed E-state index contributed by atoms with van der Waals surface area (Å²) in [7, 11) is -3.16. The first-order valence-electron chi connectivity index (χ1n) is 5.51. The quantitative estimate of drug-likeness (QED) is 0.865. The molecular weight excluding hydrogens is 254 g/mol. The molecular formula is C12H19NO2S2. The van der Waals surface area contributed by atoms with E-state index in [1.54, 1.807) is 18.2 Å². The summed E-state index contributed by atoms with van der Waals surface area (Å²) >= 11 is 1.81. The molecule has 0 aliphatic carbocycles. The van der Waals surface area contributed by atoms with E-state index in [4.69, 9.17) is 0 Å². The standard InChI is InChI=1S/C12H19NO2S2/c1-10(16-2)8-9-13-11-6-4-5-7-12(11)17(3,14)15/h4-7,10,13H,8-9H2,1-3H3. The molecule has 0 aliphatic rings. The van der Waals surface area contributed by atoms with Gasteiger partial charge in [-0.3, -0.25) is 0 Å². The highest BCUT2D eigenvalue weighted by Gasteiger charge is 2.11. The molecule has 96 valence electrons. The molecule has 1 rings (SSSR count). The Morgan fingerprint density at radius 2 is 2.00 bits per heavy atom. The van der Waals surface area contributed by atoms with E-state index in [-0.39, 0.29) is 0 Å². The second-order valence-electron chi connectivity index (χ2n) is 4.03. The molecule has 0 fully saturated rings. The van der Waals surface area contributed by atoms with Crippen LogP contribution in [0.25, 0.3) is 0 Å². The van der Waals surface area contributed by atoms with Crippen molar-refractivity contribution in [1.29, 1.82) is 0 Å². The van der Waals surface area contributed by atoms with Gasteiger partial charge in [0.1, 0.15) is 0 Å². The van der Waals surface area contributed by atoms with E-state index >= 15 is 0 Å². The van der Waals surface area contributed by atoms with Gasteiger partial charge in [-0.05, 0) is 24.8 Å². The van der Waals surface area contributed by atoms with Gasteiger partial charge in [0.05, 0.1) is 10.6 Å². The van der Waals surface area contributed by atoms with Gasteiger partial charge in [0.25, 0.3) is 0 Å². The molecule has 1 aromatic rings. The van der Waals surface area contributed by atoms with Gasteiger partial charge in [-0.15, -0.1) is 0 Å². The maximum absolute atomic E-state index is 11.6. The van der Waals surface area contributed by atoms with Crippen molar-refractivity contribution in [2.45, 2.75) is 23.5 Å². The number of anilines is 1. The lowest BCUT2D eigenvalue weighted by Crippen LogP contribution is -2.10. The van der Waals surface area contributed by atoms with Crippen molar-refractivity contribution in [3.63, 3.8) is 0 Å². The van der Waals surface area contributed by atoms with Crippen molar-refractivity contribution in [3.05, 3.63) is 24.3 Å². The molecule has 1 N–H and O–H groups in total. The SMILES string of the molecule is CSC(C)CCNc1ccccc1S(C)(=O)=O. The maximum Gasteiger partial charge on any atom is 0.177 e. The number of para-hydroxylation sites is 1. The fourth-order valence-corrected chi connectivity index (χ4v) is 2.68. The fraction of sp³-hybridized carbons (Fsp3) is 0.500. The summed E-state index contributed by atoms with van der Waals surface area (Å²) in [5.41, 5.74) is 0.698. The number of nitrogens with one attached hydrogen (secondary N) is 1. The number of thioether (sulfide) groups is 1. The Balaban J connectivity index is 2.72. The van der Waals surface area contributed by atoms with Crippen LogP contribution in [-0.2, 0) is 9.84 Å². The van der Waals surface area contributed by atoms with Crippen LogP contribution in [0.4, 0.5) is 5.69 Å². The average Bonchev–Trinajstić information content (AvgIpc) is 2.28. The van der Waals surface area contributed by atoms with Gasteiger partial charge >= 0.3 is 0 Å². The van der Waals surface area contributed by atoms with Crippen LogP contribution in [0.3, 0.4) is 0 Å². The minimum absolute atomic E-state index is 0.372. The molecule has 0 radical (unpaired) electrons. The molecule has 0 saturated carbocycles. The minimum atomic E-state index is -3.16. The second-order valence-corrected chi connectivity index (χ2v) is 7.29. The molecule has 0 amide bonds. The zero-order chi connectivity index (χ0) is 12.9. The third-order valence-electron chi connectivity index (χ3n) is 2.56. The van der Waals surface area contributed by atoms with Gasteiger partial charge < -0.3 is 5.32 Å². The zero-order valence-corrected chi connectivity index (χ0v) is 12.1. The Morgan fingerprint density at radius 1 is 1.35 bits per heavy atom. The van der Waals surface area contributed by atoms with Gasteiger partial charge in [-0.1, -0.05) is 19.1 Å². The van der Waals surface area contributed by atoms with Crippen molar-refractivity contribution in [2.75, 3.05) is 24.4 Å². The van der Waals surface area contributed by atoms with E-state index in [1.165, 1.54) is 6.26 Å². The molecule has 0 spiro atoms. The van der Waals surface area contributed by atoms with Crippen LogP contribution < -0.4 is 5.32 Å². The monoisotopic (exact) mass is 273 g/mol. The first-order valence-corrected chi connectivity index (χ1v) is 8.69. The van der Waals surface area contributed by atoms with Crippen LogP contribution in [0.1, 0.15) is 13.3 Å². The van der Waals surface area contributed by atoms with E-state index in [1.807, 2.05) is 17.8 Å². The summed E-state index contributed by atoms with van der Waals surface area (Å²) in [6.45, 7) is 2.95. The largest absolute Gasteiger partial charge is 0.384 e. The summed E-state index contributed by atoms with van der Waals surface area (Å²) in [6.07, 6.45) is 4.33. The van der Waals surface area contributed by atoms with Crippen LogP contribution in [-0.4, -0.2) is 32.7 Å². The topological polar surface area (TPSA) is 46.2 Å². The number of hydrogen-bond donors (Lipinski definition) is 1. The lowest BCUT2D eigenvalue weighted by molar-refractivity contribution is 0.602.